The molecule has 1 aromatic rings. The fourth-order valence-corrected chi connectivity index (χ4v) is 2.86. The van der Waals surface area contributed by atoms with Gasteiger partial charge in [0.15, 0.2) is 0 Å². The molecule has 15 heavy (non-hydrogen) atoms. The van der Waals surface area contributed by atoms with Crippen LogP contribution in [0.15, 0.2) is 12.1 Å². The molecule has 0 radical (unpaired) electrons. The zero-order chi connectivity index (χ0) is 11.2. The van der Waals surface area contributed by atoms with Crippen molar-refractivity contribution in [3.63, 3.8) is 0 Å². The summed E-state index contributed by atoms with van der Waals surface area (Å²) in [5.41, 5.74) is 12.2. The molecule has 0 fully saturated rings. The molecule has 82 valence electrons. The Morgan fingerprint density at radius 2 is 1.93 bits per heavy atom. The number of fused-ring (bicyclic) bond motifs is 1. The molecule has 0 amide bonds. The third-order valence-electron chi connectivity index (χ3n) is 3.48. The van der Waals surface area contributed by atoms with Crippen LogP contribution in [0.2, 0.25) is 0 Å². The summed E-state index contributed by atoms with van der Waals surface area (Å²) in [6.07, 6.45) is 2.27. The predicted molar refractivity (Wildman–Crippen MR) is 64.9 cm³/mol. The van der Waals surface area contributed by atoms with E-state index in [0.29, 0.717) is 5.41 Å². The monoisotopic (exact) mass is 203 g/mol. The van der Waals surface area contributed by atoms with Crippen LogP contribution in [0.25, 0.3) is 0 Å². The normalized spacial score (nSPS) is 23.7. The Morgan fingerprint density at radius 3 is 2.60 bits per heavy atom. The Labute approximate surface area is 92.7 Å². The van der Waals surface area contributed by atoms with E-state index in [1.807, 2.05) is 0 Å². The largest absolute Gasteiger partial charge is 0.324 e. The second-order valence-electron chi connectivity index (χ2n) is 5.80. The van der Waals surface area contributed by atoms with E-state index in [1.165, 1.54) is 28.7 Å². The molecule has 0 aromatic heterocycles. The summed E-state index contributed by atoms with van der Waals surface area (Å²) in [6, 6.07) is 4.76. The van der Waals surface area contributed by atoms with Crippen molar-refractivity contribution >= 4 is 0 Å². The average molecular weight is 203 g/mol. The number of benzene rings is 1. The first-order valence-electron chi connectivity index (χ1n) is 5.75. The molecular weight excluding hydrogens is 182 g/mol. The maximum Gasteiger partial charge on any atom is 0.0303 e. The highest BCUT2D eigenvalue weighted by atomic mass is 14.7. The van der Waals surface area contributed by atoms with Crippen molar-refractivity contribution in [2.75, 3.05) is 0 Å². The van der Waals surface area contributed by atoms with E-state index < -0.39 is 0 Å². The van der Waals surface area contributed by atoms with Crippen LogP contribution in [0.3, 0.4) is 0 Å². The summed E-state index contributed by atoms with van der Waals surface area (Å²) < 4.78 is 0. The fraction of sp³-hybridized carbons (Fsp3) is 0.571. The van der Waals surface area contributed by atoms with Crippen molar-refractivity contribution in [3.05, 3.63) is 34.4 Å². The van der Waals surface area contributed by atoms with Crippen LogP contribution in [0.1, 0.15) is 48.6 Å². The minimum atomic E-state index is 0.224. The number of aryl methyl sites for hydroxylation is 2. The summed E-state index contributed by atoms with van der Waals surface area (Å²) in [6.45, 7) is 8.99. The lowest BCUT2D eigenvalue weighted by molar-refractivity contribution is 0.282. The Hall–Kier alpha value is -0.820. The molecule has 0 saturated heterocycles. The van der Waals surface area contributed by atoms with Crippen LogP contribution in [-0.2, 0) is 6.42 Å². The van der Waals surface area contributed by atoms with Crippen LogP contribution >= 0.6 is 0 Å². The van der Waals surface area contributed by atoms with Gasteiger partial charge in [-0.15, -0.1) is 0 Å². The Morgan fingerprint density at radius 1 is 1.27 bits per heavy atom. The van der Waals surface area contributed by atoms with Gasteiger partial charge in [0.25, 0.3) is 0 Å². The van der Waals surface area contributed by atoms with E-state index in [2.05, 4.69) is 39.8 Å². The van der Waals surface area contributed by atoms with Crippen LogP contribution in [0, 0.1) is 19.3 Å². The molecule has 1 aliphatic rings. The van der Waals surface area contributed by atoms with E-state index in [9.17, 15) is 0 Å². The third kappa shape index (κ3) is 1.93. The fourth-order valence-electron chi connectivity index (χ4n) is 2.86. The van der Waals surface area contributed by atoms with E-state index in [-0.39, 0.29) is 6.04 Å². The van der Waals surface area contributed by atoms with Crippen molar-refractivity contribution in [1.29, 1.82) is 0 Å². The lowest BCUT2D eigenvalue weighted by Gasteiger charge is -2.36. The van der Waals surface area contributed by atoms with E-state index in [0.717, 1.165) is 6.42 Å². The van der Waals surface area contributed by atoms with E-state index >= 15 is 0 Å². The molecule has 0 spiro atoms. The quantitative estimate of drug-likeness (QED) is 0.688. The summed E-state index contributed by atoms with van der Waals surface area (Å²) in [5.74, 6) is 0. The van der Waals surface area contributed by atoms with Gasteiger partial charge >= 0.3 is 0 Å². The van der Waals surface area contributed by atoms with Gasteiger partial charge in [0, 0.05) is 6.04 Å². The maximum atomic E-state index is 6.26. The maximum absolute atomic E-state index is 6.26. The van der Waals surface area contributed by atoms with Gasteiger partial charge in [0.05, 0.1) is 0 Å². The van der Waals surface area contributed by atoms with Crippen LogP contribution in [-0.4, -0.2) is 0 Å². The molecular formula is C14H21N. The van der Waals surface area contributed by atoms with Gasteiger partial charge in [0.2, 0.25) is 0 Å². The van der Waals surface area contributed by atoms with Gasteiger partial charge in [0.1, 0.15) is 0 Å². The highest BCUT2D eigenvalue weighted by Crippen LogP contribution is 2.41. The topological polar surface area (TPSA) is 26.0 Å². The number of rotatable bonds is 0. The van der Waals surface area contributed by atoms with E-state index in [4.69, 9.17) is 5.73 Å². The number of hydrogen-bond donors (Lipinski definition) is 1. The first kappa shape index (κ1) is 10.7. The standard InChI is InChI=1S/C14H21N/c1-9-5-10(2)12-7-14(3,4)8-13(15)11(12)6-9/h5-6,13H,7-8,15H2,1-4H3. The van der Waals surface area contributed by atoms with Gasteiger partial charge < -0.3 is 5.73 Å². The first-order valence-corrected chi connectivity index (χ1v) is 5.75. The van der Waals surface area contributed by atoms with Crippen molar-refractivity contribution in [2.24, 2.45) is 11.1 Å². The minimum Gasteiger partial charge on any atom is -0.324 e. The van der Waals surface area contributed by atoms with Crippen molar-refractivity contribution < 1.29 is 0 Å². The molecule has 0 heterocycles. The Bertz CT molecular complexity index is 391. The number of nitrogens with two attached hydrogens (primary N) is 1. The van der Waals surface area contributed by atoms with Crippen LogP contribution in [0.5, 0.6) is 0 Å². The van der Waals surface area contributed by atoms with Crippen molar-refractivity contribution in [1.82, 2.24) is 0 Å². The summed E-state index contributed by atoms with van der Waals surface area (Å²) >= 11 is 0. The predicted octanol–water partition coefficient (Wildman–Crippen LogP) is 3.28. The lowest BCUT2D eigenvalue weighted by Crippen LogP contribution is -2.30. The Kier molecular flexibility index (Phi) is 2.38. The molecule has 1 atom stereocenters. The zero-order valence-electron chi connectivity index (χ0n) is 10.2. The summed E-state index contributed by atoms with van der Waals surface area (Å²) in [5, 5.41) is 0. The SMILES string of the molecule is Cc1cc(C)c2c(c1)C(N)CC(C)(C)C2. The first-order chi connectivity index (χ1) is 6.89. The molecule has 2 rings (SSSR count). The van der Waals surface area contributed by atoms with Crippen LogP contribution < -0.4 is 5.73 Å². The van der Waals surface area contributed by atoms with Crippen molar-refractivity contribution in [3.8, 4) is 0 Å². The van der Waals surface area contributed by atoms with Gasteiger partial charge in [-0.1, -0.05) is 31.5 Å². The summed E-state index contributed by atoms with van der Waals surface area (Å²) in [7, 11) is 0. The molecule has 1 aliphatic carbocycles. The molecule has 0 aliphatic heterocycles. The molecule has 2 N–H and O–H groups in total. The minimum absolute atomic E-state index is 0.224. The van der Waals surface area contributed by atoms with Gasteiger partial charge in [-0.2, -0.15) is 0 Å². The second kappa shape index (κ2) is 3.34. The smallest absolute Gasteiger partial charge is 0.0303 e. The van der Waals surface area contributed by atoms with E-state index in [1.54, 1.807) is 0 Å². The molecule has 1 aromatic carbocycles. The highest BCUT2D eigenvalue weighted by Gasteiger charge is 2.31. The van der Waals surface area contributed by atoms with Crippen molar-refractivity contribution in [2.45, 2.75) is 46.6 Å². The highest BCUT2D eigenvalue weighted by molar-refractivity contribution is 5.42. The lowest BCUT2D eigenvalue weighted by atomic mass is 9.71. The zero-order valence-corrected chi connectivity index (χ0v) is 10.2. The molecule has 1 unspecified atom stereocenters. The van der Waals surface area contributed by atoms with Gasteiger partial charge in [-0.25, -0.2) is 0 Å². The third-order valence-corrected chi connectivity index (χ3v) is 3.48. The average Bonchev–Trinajstić information content (AvgIpc) is 2.06. The van der Waals surface area contributed by atoms with Gasteiger partial charge in [-0.05, 0) is 48.8 Å². The molecule has 1 nitrogen and oxygen atoms in total. The van der Waals surface area contributed by atoms with Gasteiger partial charge in [-0.3, -0.25) is 0 Å². The Balaban J connectivity index is 2.55. The molecule has 1 heteroatoms. The molecule has 0 saturated carbocycles. The summed E-state index contributed by atoms with van der Waals surface area (Å²) in [4.78, 5) is 0. The molecule has 0 bridgehead atoms. The second-order valence-corrected chi connectivity index (χ2v) is 5.80. The van der Waals surface area contributed by atoms with Crippen LogP contribution in [0.4, 0.5) is 0 Å². The number of hydrogen-bond acceptors (Lipinski definition) is 1.